The van der Waals surface area contributed by atoms with Crippen LogP contribution < -0.4 is 5.32 Å². The molecule has 1 amide bonds. The van der Waals surface area contributed by atoms with Gasteiger partial charge in [-0.2, -0.15) is 0 Å². The molecule has 3 nitrogen and oxygen atoms in total. The molecule has 18 heavy (non-hydrogen) atoms. The lowest BCUT2D eigenvalue weighted by molar-refractivity contribution is 0.0652. The van der Waals surface area contributed by atoms with Gasteiger partial charge in [-0.3, -0.25) is 4.79 Å². The first-order chi connectivity index (χ1) is 8.37. The molecule has 0 atom stereocenters. The van der Waals surface area contributed by atoms with E-state index in [4.69, 9.17) is 11.6 Å². The quantitative estimate of drug-likeness (QED) is 0.858. The van der Waals surface area contributed by atoms with E-state index in [-0.39, 0.29) is 11.4 Å². The molecule has 98 valence electrons. The number of piperazine rings is 1. The Morgan fingerprint density at radius 3 is 2.78 bits per heavy atom. The first kappa shape index (κ1) is 13.8. The number of hydrogen-bond donors (Lipinski definition) is 1. The lowest BCUT2D eigenvalue weighted by atomic mass is 10.0. The van der Waals surface area contributed by atoms with Crippen molar-refractivity contribution in [2.45, 2.75) is 19.4 Å². The minimum absolute atomic E-state index is 0.0350. The predicted octanol–water partition coefficient (Wildman–Crippen LogP) is 2.93. The van der Waals surface area contributed by atoms with Crippen LogP contribution in [-0.4, -0.2) is 36.0 Å². The van der Waals surface area contributed by atoms with E-state index >= 15 is 0 Å². The molecule has 1 aliphatic heterocycles. The lowest BCUT2D eigenvalue weighted by Gasteiger charge is -2.39. The minimum atomic E-state index is -0.0380. The van der Waals surface area contributed by atoms with Gasteiger partial charge in [0.05, 0.1) is 0 Å². The van der Waals surface area contributed by atoms with Crippen LogP contribution in [0.5, 0.6) is 0 Å². The number of carbonyl (C=O) groups is 1. The molecule has 5 heteroatoms. The fourth-order valence-corrected chi connectivity index (χ4v) is 3.03. The van der Waals surface area contributed by atoms with Crippen molar-refractivity contribution in [2.24, 2.45) is 0 Å². The van der Waals surface area contributed by atoms with Gasteiger partial charge < -0.3 is 10.2 Å². The Morgan fingerprint density at radius 2 is 2.17 bits per heavy atom. The average Bonchev–Trinajstić information content (AvgIpc) is 2.25. The summed E-state index contributed by atoms with van der Waals surface area (Å²) < 4.78 is 0.827. The highest BCUT2D eigenvalue weighted by molar-refractivity contribution is 9.10. The van der Waals surface area contributed by atoms with Gasteiger partial charge in [0.25, 0.3) is 5.91 Å². The van der Waals surface area contributed by atoms with Crippen LogP contribution in [0.3, 0.4) is 0 Å². The molecule has 0 saturated carbocycles. The van der Waals surface area contributed by atoms with Gasteiger partial charge in [0.2, 0.25) is 0 Å². The fraction of sp³-hybridized carbons (Fsp3) is 0.462. The van der Waals surface area contributed by atoms with Crippen molar-refractivity contribution in [3.63, 3.8) is 0 Å². The third-order valence-corrected chi connectivity index (χ3v) is 3.64. The summed E-state index contributed by atoms with van der Waals surface area (Å²) in [6.45, 7) is 6.45. The van der Waals surface area contributed by atoms with Gasteiger partial charge >= 0.3 is 0 Å². The molecular weight excluding hydrogens is 316 g/mol. The molecule has 0 spiro atoms. The van der Waals surface area contributed by atoms with Gasteiger partial charge in [-0.05, 0) is 32.0 Å². The maximum Gasteiger partial charge on any atom is 0.254 e. The van der Waals surface area contributed by atoms with Crippen LogP contribution in [0.2, 0.25) is 5.02 Å². The van der Waals surface area contributed by atoms with E-state index < -0.39 is 0 Å². The third kappa shape index (κ3) is 3.25. The summed E-state index contributed by atoms with van der Waals surface area (Å²) in [7, 11) is 0. The Balaban J connectivity index is 2.20. The van der Waals surface area contributed by atoms with Gasteiger partial charge in [0.1, 0.15) is 0 Å². The molecule has 1 N–H and O–H groups in total. The summed E-state index contributed by atoms with van der Waals surface area (Å²) in [6.07, 6.45) is 0. The molecule has 1 aromatic carbocycles. The second-order valence-corrected chi connectivity index (χ2v) is 6.55. The Morgan fingerprint density at radius 1 is 1.44 bits per heavy atom. The summed E-state index contributed by atoms with van der Waals surface area (Å²) >= 11 is 9.34. The Bertz CT molecular complexity index is 456. The second kappa shape index (κ2) is 5.19. The lowest BCUT2D eigenvalue weighted by Crippen LogP contribution is -2.58. The Kier molecular flexibility index (Phi) is 3.99. The maximum absolute atomic E-state index is 12.4. The van der Waals surface area contributed by atoms with E-state index in [0.717, 1.165) is 17.6 Å². The molecule has 1 aliphatic rings. The number of amides is 1. The molecule has 0 aliphatic carbocycles. The van der Waals surface area contributed by atoms with Crippen LogP contribution in [0.15, 0.2) is 22.7 Å². The van der Waals surface area contributed by atoms with Crippen LogP contribution in [0.25, 0.3) is 0 Å². The van der Waals surface area contributed by atoms with Crippen molar-refractivity contribution < 1.29 is 4.79 Å². The van der Waals surface area contributed by atoms with E-state index in [2.05, 4.69) is 35.1 Å². The average molecular weight is 332 g/mol. The van der Waals surface area contributed by atoms with E-state index in [1.165, 1.54) is 0 Å². The van der Waals surface area contributed by atoms with E-state index in [9.17, 15) is 4.79 Å². The summed E-state index contributed by atoms with van der Waals surface area (Å²) in [5.41, 5.74) is 0.594. The molecule has 2 rings (SSSR count). The zero-order chi connectivity index (χ0) is 13.3. The van der Waals surface area contributed by atoms with Gasteiger partial charge in [-0.25, -0.2) is 0 Å². The van der Waals surface area contributed by atoms with Crippen LogP contribution in [-0.2, 0) is 0 Å². The zero-order valence-electron chi connectivity index (χ0n) is 10.5. The van der Waals surface area contributed by atoms with Crippen LogP contribution in [0.4, 0.5) is 0 Å². The normalized spacial score (nSPS) is 18.8. The number of benzene rings is 1. The summed E-state index contributed by atoms with van der Waals surface area (Å²) in [5, 5.41) is 3.96. The highest BCUT2D eigenvalue weighted by atomic mass is 79.9. The molecule has 1 saturated heterocycles. The minimum Gasteiger partial charge on any atom is -0.336 e. The van der Waals surface area contributed by atoms with Crippen LogP contribution >= 0.6 is 27.5 Å². The third-order valence-electron chi connectivity index (χ3n) is 2.97. The standard InChI is InChI=1S/C13H16BrClN2O/c1-13(2)8-17(4-3-16-13)12(18)9-5-10(14)7-11(15)6-9/h5-7,16H,3-4,8H2,1-2H3. The van der Waals surface area contributed by atoms with E-state index in [1.807, 2.05) is 11.0 Å². The molecule has 1 fully saturated rings. The maximum atomic E-state index is 12.4. The monoisotopic (exact) mass is 330 g/mol. The van der Waals surface area contributed by atoms with Crippen LogP contribution in [0.1, 0.15) is 24.2 Å². The first-order valence-electron chi connectivity index (χ1n) is 5.88. The summed E-state index contributed by atoms with van der Waals surface area (Å²) in [4.78, 5) is 14.3. The summed E-state index contributed by atoms with van der Waals surface area (Å²) in [6, 6.07) is 5.30. The number of hydrogen-bond acceptors (Lipinski definition) is 2. The largest absolute Gasteiger partial charge is 0.336 e. The molecular formula is C13H16BrClN2O. The second-order valence-electron chi connectivity index (χ2n) is 5.20. The molecule has 0 radical (unpaired) electrons. The molecule has 0 bridgehead atoms. The van der Waals surface area contributed by atoms with Crippen LogP contribution in [0, 0.1) is 0 Å². The van der Waals surface area contributed by atoms with Gasteiger partial charge in [0.15, 0.2) is 0 Å². The Hall–Kier alpha value is -0.580. The highest BCUT2D eigenvalue weighted by Crippen LogP contribution is 2.22. The van der Waals surface area contributed by atoms with Crippen molar-refractivity contribution in [3.8, 4) is 0 Å². The topological polar surface area (TPSA) is 32.3 Å². The molecule has 1 heterocycles. The molecule has 1 aromatic rings. The number of rotatable bonds is 1. The van der Waals surface area contributed by atoms with Gasteiger partial charge in [-0.1, -0.05) is 27.5 Å². The molecule has 0 unspecified atom stereocenters. The van der Waals surface area contributed by atoms with Crippen molar-refractivity contribution in [1.82, 2.24) is 10.2 Å². The van der Waals surface area contributed by atoms with Crippen molar-refractivity contribution >= 4 is 33.4 Å². The number of nitrogens with zero attached hydrogens (tertiary/aromatic N) is 1. The van der Waals surface area contributed by atoms with Crippen molar-refractivity contribution in [2.75, 3.05) is 19.6 Å². The smallest absolute Gasteiger partial charge is 0.254 e. The van der Waals surface area contributed by atoms with E-state index in [0.29, 0.717) is 17.1 Å². The Labute approximate surface area is 121 Å². The highest BCUT2D eigenvalue weighted by Gasteiger charge is 2.29. The fourth-order valence-electron chi connectivity index (χ4n) is 2.17. The SMILES string of the molecule is CC1(C)CN(C(=O)c2cc(Cl)cc(Br)c2)CCN1. The first-order valence-corrected chi connectivity index (χ1v) is 7.05. The van der Waals surface area contributed by atoms with E-state index in [1.54, 1.807) is 12.1 Å². The van der Waals surface area contributed by atoms with Crippen molar-refractivity contribution in [1.29, 1.82) is 0 Å². The van der Waals surface area contributed by atoms with Gasteiger partial charge in [-0.15, -0.1) is 0 Å². The number of nitrogens with one attached hydrogen (secondary N) is 1. The zero-order valence-corrected chi connectivity index (χ0v) is 12.8. The number of carbonyl (C=O) groups excluding carboxylic acids is 1. The summed E-state index contributed by atoms with van der Waals surface area (Å²) in [5.74, 6) is 0.0350. The molecule has 0 aromatic heterocycles. The number of halogens is 2. The van der Waals surface area contributed by atoms with Crippen molar-refractivity contribution in [3.05, 3.63) is 33.3 Å². The predicted molar refractivity (Wildman–Crippen MR) is 77.1 cm³/mol. The van der Waals surface area contributed by atoms with Gasteiger partial charge in [0, 0.05) is 40.2 Å².